The first-order valence-electron chi connectivity index (χ1n) is 10.0. The fourth-order valence-corrected chi connectivity index (χ4v) is 3.86. The summed E-state index contributed by atoms with van der Waals surface area (Å²) >= 11 is 0. The Hall–Kier alpha value is -3.60. The number of carbonyl (C=O) groups is 2. The summed E-state index contributed by atoms with van der Waals surface area (Å²) < 4.78 is 5.16. The van der Waals surface area contributed by atoms with E-state index >= 15 is 0 Å². The van der Waals surface area contributed by atoms with Gasteiger partial charge in [-0.2, -0.15) is 0 Å². The van der Waals surface area contributed by atoms with Crippen LogP contribution in [0.5, 0.6) is 5.75 Å². The van der Waals surface area contributed by atoms with Gasteiger partial charge in [0.1, 0.15) is 11.8 Å². The second-order valence-electron chi connectivity index (χ2n) is 7.28. The van der Waals surface area contributed by atoms with E-state index in [-0.39, 0.29) is 11.8 Å². The number of para-hydroxylation sites is 1. The first-order chi connectivity index (χ1) is 14.6. The van der Waals surface area contributed by atoms with Gasteiger partial charge < -0.3 is 14.5 Å². The Morgan fingerprint density at radius 2 is 1.57 bits per heavy atom. The molecule has 30 heavy (non-hydrogen) atoms. The van der Waals surface area contributed by atoms with Crippen molar-refractivity contribution in [2.75, 3.05) is 25.1 Å². The molecule has 1 saturated heterocycles. The maximum atomic E-state index is 13.3. The number of benzene rings is 3. The standard InChI is InChI=1S/C25H24N2O3/c1-18-24(28)27(23-11-7-6-10-22(23)19-8-4-3-5-9-19)17-16-26(18)25(29)20-12-14-21(30-2)15-13-20/h3-15,18H,16-17H2,1-2H3/t18-/m1/s1. The Labute approximate surface area is 176 Å². The van der Waals surface area contributed by atoms with Crippen LogP contribution in [0.15, 0.2) is 78.9 Å². The van der Waals surface area contributed by atoms with Gasteiger partial charge in [-0.1, -0.05) is 48.5 Å². The smallest absolute Gasteiger partial charge is 0.254 e. The van der Waals surface area contributed by atoms with Crippen molar-refractivity contribution < 1.29 is 14.3 Å². The monoisotopic (exact) mass is 400 g/mol. The molecule has 0 unspecified atom stereocenters. The largest absolute Gasteiger partial charge is 0.497 e. The Balaban J connectivity index is 1.58. The SMILES string of the molecule is COc1ccc(C(=O)N2CCN(c3ccccc3-c3ccccc3)C(=O)[C@H]2C)cc1. The molecule has 1 atom stereocenters. The zero-order chi connectivity index (χ0) is 21.1. The molecule has 5 heteroatoms. The lowest BCUT2D eigenvalue weighted by atomic mass is 10.0. The van der Waals surface area contributed by atoms with Crippen molar-refractivity contribution >= 4 is 17.5 Å². The Kier molecular flexibility index (Phi) is 5.53. The lowest BCUT2D eigenvalue weighted by Gasteiger charge is -2.39. The molecule has 0 aliphatic carbocycles. The molecule has 1 fully saturated rings. The van der Waals surface area contributed by atoms with Gasteiger partial charge in [-0.15, -0.1) is 0 Å². The number of rotatable bonds is 4. The van der Waals surface area contributed by atoms with Crippen molar-refractivity contribution in [3.05, 3.63) is 84.4 Å². The van der Waals surface area contributed by atoms with Gasteiger partial charge in [-0.05, 0) is 42.8 Å². The summed E-state index contributed by atoms with van der Waals surface area (Å²) in [5.41, 5.74) is 3.49. The topological polar surface area (TPSA) is 49.9 Å². The van der Waals surface area contributed by atoms with Crippen LogP contribution in [0.2, 0.25) is 0 Å². The molecule has 4 rings (SSSR count). The number of methoxy groups -OCH3 is 1. The molecule has 2 amide bonds. The Bertz CT molecular complexity index is 1050. The van der Waals surface area contributed by atoms with Crippen LogP contribution in [0.4, 0.5) is 5.69 Å². The molecule has 3 aromatic rings. The van der Waals surface area contributed by atoms with Crippen LogP contribution >= 0.6 is 0 Å². The third kappa shape index (κ3) is 3.66. The van der Waals surface area contributed by atoms with E-state index in [1.165, 1.54) is 0 Å². The first kappa shape index (κ1) is 19.7. The highest BCUT2D eigenvalue weighted by molar-refractivity contribution is 6.05. The van der Waals surface area contributed by atoms with Gasteiger partial charge in [0, 0.05) is 24.2 Å². The number of amides is 2. The molecule has 3 aromatic carbocycles. The molecule has 5 nitrogen and oxygen atoms in total. The van der Waals surface area contributed by atoms with E-state index in [0.29, 0.717) is 24.4 Å². The number of nitrogens with zero attached hydrogens (tertiary/aromatic N) is 2. The van der Waals surface area contributed by atoms with E-state index in [1.807, 2.05) is 54.6 Å². The van der Waals surface area contributed by atoms with Gasteiger partial charge in [0.15, 0.2) is 0 Å². The Morgan fingerprint density at radius 1 is 0.900 bits per heavy atom. The van der Waals surface area contributed by atoms with Crippen molar-refractivity contribution in [3.63, 3.8) is 0 Å². The summed E-state index contributed by atoms with van der Waals surface area (Å²) in [7, 11) is 1.59. The summed E-state index contributed by atoms with van der Waals surface area (Å²) in [5, 5.41) is 0. The van der Waals surface area contributed by atoms with Crippen LogP contribution in [0, 0.1) is 0 Å². The minimum Gasteiger partial charge on any atom is -0.497 e. The molecule has 0 bridgehead atoms. The molecule has 0 saturated carbocycles. The maximum absolute atomic E-state index is 13.3. The van der Waals surface area contributed by atoms with Gasteiger partial charge >= 0.3 is 0 Å². The van der Waals surface area contributed by atoms with E-state index in [2.05, 4.69) is 0 Å². The van der Waals surface area contributed by atoms with Crippen LogP contribution in [0.3, 0.4) is 0 Å². The van der Waals surface area contributed by atoms with Crippen molar-refractivity contribution in [2.24, 2.45) is 0 Å². The second kappa shape index (κ2) is 8.41. The molecule has 1 aliphatic rings. The van der Waals surface area contributed by atoms with Crippen molar-refractivity contribution in [3.8, 4) is 16.9 Å². The third-order valence-corrected chi connectivity index (χ3v) is 5.53. The van der Waals surface area contributed by atoms with E-state index in [1.54, 1.807) is 48.1 Å². The molecule has 0 aromatic heterocycles. The summed E-state index contributed by atoms with van der Waals surface area (Å²) in [4.78, 5) is 29.7. The van der Waals surface area contributed by atoms with Crippen LogP contribution in [-0.2, 0) is 4.79 Å². The minimum absolute atomic E-state index is 0.0773. The van der Waals surface area contributed by atoms with Gasteiger partial charge in [0.05, 0.1) is 12.8 Å². The second-order valence-corrected chi connectivity index (χ2v) is 7.28. The predicted molar refractivity (Wildman–Crippen MR) is 118 cm³/mol. The van der Waals surface area contributed by atoms with Crippen LogP contribution in [0.25, 0.3) is 11.1 Å². The zero-order valence-electron chi connectivity index (χ0n) is 17.1. The zero-order valence-corrected chi connectivity index (χ0v) is 17.1. The number of anilines is 1. The molecule has 0 radical (unpaired) electrons. The van der Waals surface area contributed by atoms with Crippen LogP contribution in [-0.4, -0.2) is 43.0 Å². The van der Waals surface area contributed by atoms with Gasteiger partial charge in [0.25, 0.3) is 5.91 Å². The fourth-order valence-electron chi connectivity index (χ4n) is 3.86. The van der Waals surface area contributed by atoms with Gasteiger partial charge in [-0.3, -0.25) is 9.59 Å². The minimum atomic E-state index is -0.544. The lowest BCUT2D eigenvalue weighted by molar-refractivity contribution is -0.124. The van der Waals surface area contributed by atoms with E-state index in [0.717, 1.165) is 16.8 Å². The lowest BCUT2D eigenvalue weighted by Crippen LogP contribution is -2.57. The molecule has 152 valence electrons. The average molecular weight is 400 g/mol. The highest BCUT2D eigenvalue weighted by atomic mass is 16.5. The van der Waals surface area contributed by atoms with E-state index in [9.17, 15) is 9.59 Å². The van der Waals surface area contributed by atoms with Gasteiger partial charge in [0.2, 0.25) is 5.91 Å². The fraction of sp³-hybridized carbons (Fsp3) is 0.200. The molecular weight excluding hydrogens is 376 g/mol. The average Bonchev–Trinajstić information content (AvgIpc) is 2.81. The van der Waals surface area contributed by atoms with Crippen molar-refractivity contribution in [1.29, 1.82) is 0 Å². The Morgan fingerprint density at radius 3 is 2.27 bits per heavy atom. The summed E-state index contributed by atoms with van der Waals surface area (Å²) in [6, 6.07) is 24.4. The normalized spacial score (nSPS) is 16.5. The van der Waals surface area contributed by atoms with Crippen molar-refractivity contribution in [2.45, 2.75) is 13.0 Å². The first-order valence-corrected chi connectivity index (χ1v) is 10.0. The number of piperazine rings is 1. The third-order valence-electron chi connectivity index (χ3n) is 5.53. The van der Waals surface area contributed by atoms with Crippen molar-refractivity contribution in [1.82, 2.24) is 4.90 Å². The molecule has 0 spiro atoms. The number of ether oxygens (including phenoxy) is 1. The van der Waals surface area contributed by atoms with Crippen LogP contribution < -0.4 is 9.64 Å². The van der Waals surface area contributed by atoms with Crippen LogP contribution in [0.1, 0.15) is 17.3 Å². The summed E-state index contributed by atoms with van der Waals surface area (Å²) in [5.74, 6) is 0.471. The number of carbonyl (C=O) groups excluding carboxylic acids is 2. The highest BCUT2D eigenvalue weighted by Gasteiger charge is 2.36. The maximum Gasteiger partial charge on any atom is 0.254 e. The molecular formula is C25H24N2O3. The molecule has 0 N–H and O–H groups in total. The van der Waals surface area contributed by atoms with Gasteiger partial charge in [-0.25, -0.2) is 0 Å². The highest BCUT2D eigenvalue weighted by Crippen LogP contribution is 2.32. The summed E-state index contributed by atoms with van der Waals surface area (Å²) in [6.45, 7) is 2.72. The van der Waals surface area contributed by atoms with E-state index in [4.69, 9.17) is 4.74 Å². The quantitative estimate of drug-likeness (QED) is 0.658. The molecule has 1 aliphatic heterocycles. The molecule has 1 heterocycles. The predicted octanol–water partition coefficient (Wildman–Crippen LogP) is 4.24. The van der Waals surface area contributed by atoms with E-state index < -0.39 is 6.04 Å². The number of hydrogen-bond acceptors (Lipinski definition) is 3. The summed E-state index contributed by atoms with van der Waals surface area (Å²) in [6.07, 6.45) is 0. The number of hydrogen-bond donors (Lipinski definition) is 0.